The van der Waals surface area contributed by atoms with Crippen LogP contribution >= 0.6 is 0 Å². The number of furan rings is 1. The van der Waals surface area contributed by atoms with Crippen LogP contribution in [0.5, 0.6) is 0 Å². The minimum atomic E-state index is -0.442. The number of nitrogen functional groups attached to an aromatic ring is 1. The van der Waals surface area contributed by atoms with Crippen LogP contribution in [0.15, 0.2) is 10.5 Å². The van der Waals surface area contributed by atoms with Gasteiger partial charge in [0, 0.05) is 11.1 Å². The fourth-order valence-electron chi connectivity index (χ4n) is 1.49. The molecule has 0 aliphatic heterocycles. The van der Waals surface area contributed by atoms with Crippen molar-refractivity contribution in [2.45, 2.75) is 32.9 Å². The van der Waals surface area contributed by atoms with Gasteiger partial charge in [-0.25, -0.2) is 5.84 Å². The second-order valence-corrected chi connectivity index (χ2v) is 5.02. The number of carbonyl (C=O) groups is 1. The molecule has 0 aliphatic carbocycles. The number of nitrogens with two attached hydrogens (primary N) is 1. The van der Waals surface area contributed by atoms with E-state index >= 15 is 0 Å². The number of amides is 1. The Hall–Kier alpha value is -1.37. The molecule has 1 aromatic rings. The van der Waals surface area contributed by atoms with Gasteiger partial charge in [-0.2, -0.15) is 0 Å². The van der Waals surface area contributed by atoms with Crippen LogP contribution in [0.25, 0.3) is 0 Å². The number of hydrogen-bond donors (Lipinski definition) is 3. The van der Waals surface area contributed by atoms with E-state index in [1.807, 2.05) is 31.2 Å². The summed E-state index contributed by atoms with van der Waals surface area (Å²) in [5.74, 6) is 5.52. The molecule has 18 heavy (non-hydrogen) atoms. The first-order valence-electron chi connectivity index (χ1n) is 5.74. The first kappa shape index (κ1) is 14.7. The average molecular weight is 255 g/mol. The highest BCUT2D eigenvalue weighted by Crippen LogP contribution is 2.19. The molecule has 0 bridgehead atoms. The molecule has 1 rings (SSSR count). The topological polar surface area (TPSA) is 91.7 Å². The Morgan fingerprint density at radius 1 is 1.61 bits per heavy atom. The molecule has 1 aromatic heterocycles. The normalized spacial score (nSPS) is 11.9. The molecule has 1 heterocycles. The molecule has 0 saturated carbocycles. The van der Waals surface area contributed by atoms with E-state index in [4.69, 9.17) is 10.3 Å². The number of aliphatic hydroxyl groups excluding tert-OH is 1. The molecular formula is C12H21N3O3. The molecule has 6 nitrogen and oxygen atoms in total. The lowest BCUT2D eigenvalue weighted by atomic mass is 10.1. The molecule has 0 atom stereocenters. The number of likely N-dealkylation sites (N-methyl/N-ethyl adjacent to an activating group) is 1. The number of rotatable bonds is 5. The second kappa shape index (κ2) is 5.51. The van der Waals surface area contributed by atoms with Crippen molar-refractivity contribution in [2.75, 3.05) is 13.7 Å². The summed E-state index contributed by atoms with van der Waals surface area (Å²) in [6.45, 7) is 6.19. The van der Waals surface area contributed by atoms with Gasteiger partial charge in [0.1, 0.15) is 5.76 Å². The Labute approximate surface area is 107 Å². The van der Waals surface area contributed by atoms with Gasteiger partial charge in [0.25, 0.3) is 0 Å². The van der Waals surface area contributed by atoms with Crippen LogP contribution in [0.1, 0.15) is 35.7 Å². The number of aliphatic hydroxyl groups is 1. The van der Waals surface area contributed by atoms with Gasteiger partial charge in [-0.3, -0.25) is 15.1 Å². The van der Waals surface area contributed by atoms with Gasteiger partial charge < -0.3 is 9.52 Å². The summed E-state index contributed by atoms with van der Waals surface area (Å²) < 4.78 is 5.46. The van der Waals surface area contributed by atoms with Gasteiger partial charge >= 0.3 is 5.91 Å². The third kappa shape index (κ3) is 3.10. The summed E-state index contributed by atoms with van der Waals surface area (Å²) in [4.78, 5) is 13.4. The minimum Gasteiger partial charge on any atom is -0.454 e. The van der Waals surface area contributed by atoms with Crippen LogP contribution < -0.4 is 11.3 Å². The van der Waals surface area contributed by atoms with Crippen molar-refractivity contribution in [1.82, 2.24) is 10.3 Å². The summed E-state index contributed by atoms with van der Waals surface area (Å²) >= 11 is 0. The lowest BCUT2D eigenvalue weighted by Crippen LogP contribution is -2.43. The van der Waals surface area contributed by atoms with E-state index in [-0.39, 0.29) is 17.9 Å². The van der Waals surface area contributed by atoms with Gasteiger partial charge in [-0.05, 0) is 33.9 Å². The predicted octanol–water partition coefficient (Wildman–Crippen LogP) is 0.394. The quantitative estimate of drug-likeness (QED) is 0.402. The van der Waals surface area contributed by atoms with E-state index in [0.717, 1.165) is 5.56 Å². The summed E-state index contributed by atoms with van der Waals surface area (Å²) in [5.41, 5.74) is 2.43. The summed E-state index contributed by atoms with van der Waals surface area (Å²) in [6, 6.07) is 1.80. The Kier molecular flexibility index (Phi) is 4.50. The van der Waals surface area contributed by atoms with E-state index < -0.39 is 5.91 Å². The van der Waals surface area contributed by atoms with Crippen molar-refractivity contribution in [2.24, 2.45) is 5.84 Å². The fraction of sp³-hybridized carbons (Fsp3) is 0.583. The molecule has 0 aliphatic rings. The zero-order valence-electron chi connectivity index (χ0n) is 11.3. The Morgan fingerprint density at radius 2 is 2.22 bits per heavy atom. The molecule has 1 amide bonds. The maximum absolute atomic E-state index is 11.4. The minimum absolute atomic E-state index is 0.0410. The van der Waals surface area contributed by atoms with E-state index in [2.05, 4.69) is 0 Å². The number of hydrogen-bond acceptors (Lipinski definition) is 5. The Balaban J connectivity index is 2.84. The maximum Gasteiger partial charge on any atom is 0.301 e. The van der Waals surface area contributed by atoms with Crippen LogP contribution in [0.4, 0.5) is 0 Å². The third-order valence-corrected chi connectivity index (χ3v) is 3.12. The van der Waals surface area contributed by atoms with E-state index in [0.29, 0.717) is 12.3 Å². The van der Waals surface area contributed by atoms with Crippen molar-refractivity contribution in [3.63, 3.8) is 0 Å². The molecule has 0 fully saturated rings. The van der Waals surface area contributed by atoms with E-state index in [9.17, 15) is 9.90 Å². The Bertz CT molecular complexity index is 426. The highest BCUT2D eigenvalue weighted by Gasteiger charge is 2.24. The van der Waals surface area contributed by atoms with Crippen LogP contribution in [-0.2, 0) is 6.54 Å². The van der Waals surface area contributed by atoms with Gasteiger partial charge in [-0.15, -0.1) is 0 Å². The zero-order valence-corrected chi connectivity index (χ0v) is 11.3. The van der Waals surface area contributed by atoms with Crippen molar-refractivity contribution in [3.05, 3.63) is 23.2 Å². The van der Waals surface area contributed by atoms with E-state index in [1.165, 1.54) is 0 Å². The summed E-state index contributed by atoms with van der Waals surface area (Å²) in [5, 5.41) is 9.28. The monoisotopic (exact) mass is 255 g/mol. The van der Waals surface area contributed by atoms with Gasteiger partial charge in [0.15, 0.2) is 5.76 Å². The second-order valence-electron chi connectivity index (χ2n) is 5.02. The van der Waals surface area contributed by atoms with Crippen molar-refractivity contribution >= 4 is 5.91 Å². The standard InChI is InChI=1S/C12H21N3O3/c1-8-5-9(18-10(8)11(17)14-13)6-15(4)12(2,3)7-16/h5,16H,6-7,13H2,1-4H3,(H,14,17). The molecule has 0 spiro atoms. The van der Waals surface area contributed by atoms with Crippen molar-refractivity contribution < 1.29 is 14.3 Å². The maximum atomic E-state index is 11.4. The number of aryl methyl sites for hydroxylation is 1. The van der Waals surface area contributed by atoms with Gasteiger partial charge in [-0.1, -0.05) is 0 Å². The number of nitrogens with one attached hydrogen (secondary N) is 1. The number of nitrogens with zero attached hydrogens (tertiary/aromatic N) is 1. The highest BCUT2D eigenvalue weighted by atomic mass is 16.4. The fourth-order valence-corrected chi connectivity index (χ4v) is 1.49. The third-order valence-electron chi connectivity index (χ3n) is 3.12. The van der Waals surface area contributed by atoms with Crippen LogP contribution in [0.2, 0.25) is 0 Å². The smallest absolute Gasteiger partial charge is 0.301 e. The van der Waals surface area contributed by atoms with Crippen LogP contribution in [-0.4, -0.2) is 35.1 Å². The highest BCUT2D eigenvalue weighted by molar-refractivity contribution is 5.92. The summed E-state index contributed by atoms with van der Waals surface area (Å²) in [6.07, 6.45) is 0. The zero-order chi connectivity index (χ0) is 13.9. The van der Waals surface area contributed by atoms with Crippen molar-refractivity contribution in [3.8, 4) is 0 Å². The molecule has 4 N–H and O–H groups in total. The number of hydrazine groups is 1. The molecule has 102 valence electrons. The molecule has 0 unspecified atom stereocenters. The average Bonchev–Trinajstić information content (AvgIpc) is 2.69. The molecule has 0 radical (unpaired) electrons. The first-order valence-corrected chi connectivity index (χ1v) is 5.74. The van der Waals surface area contributed by atoms with E-state index in [1.54, 1.807) is 13.0 Å². The van der Waals surface area contributed by atoms with Crippen molar-refractivity contribution in [1.29, 1.82) is 0 Å². The molecule has 0 aromatic carbocycles. The SMILES string of the molecule is Cc1cc(CN(C)C(C)(C)CO)oc1C(=O)NN. The Morgan fingerprint density at radius 3 is 2.72 bits per heavy atom. The summed E-state index contributed by atoms with van der Waals surface area (Å²) in [7, 11) is 1.89. The van der Waals surface area contributed by atoms with Crippen LogP contribution in [0.3, 0.4) is 0 Å². The van der Waals surface area contributed by atoms with Gasteiger partial charge in [0.05, 0.1) is 13.2 Å². The lowest BCUT2D eigenvalue weighted by molar-refractivity contribution is 0.0674. The molecular weight excluding hydrogens is 234 g/mol. The van der Waals surface area contributed by atoms with Gasteiger partial charge in [0.2, 0.25) is 0 Å². The molecule has 0 saturated heterocycles. The lowest BCUT2D eigenvalue weighted by Gasteiger charge is -2.33. The number of carbonyl (C=O) groups excluding carboxylic acids is 1. The first-order chi connectivity index (χ1) is 8.31. The molecule has 6 heteroatoms. The largest absolute Gasteiger partial charge is 0.454 e. The van der Waals surface area contributed by atoms with Crippen LogP contribution in [0, 0.1) is 6.92 Å². The predicted molar refractivity (Wildman–Crippen MR) is 67.7 cm³/mol.